The predicted octanol–water partition coefficient (Wildman–Crippen LogP) is 3.28. The SMILES string of the molecule is CCOC(=O)c1cc(-c2ccccc2)sc1NC(=S)NNC(=O)[C@H](C)n1cc([N+](=O)[O-])c(OC)n1. The number of hydrazine groups is 1. The molecule has 2 heterocycles. The fourth-order valence-electron chi connectivity index (χ4n) is 2.90. The van der Waals surface area contributed by atoms with Gasteiger partial charge in [-0.05, 0) is 37.7 Å². The monoisotopic (exact) mass is 518 g/mol. The van der Waals surface area contributed by atoms with Crippen LogP contribution < -0.4 is 20.9 Å². The molecule has 184 valence electrons. The van der Waals surface area contributed by atoms with Gasteiger partial charge in [0, 0.05) is 4.88 Å². The zero-order valence-corrected chi connectivity index (χ0v) is 20.6. The molecule has 0 saturated heterocycles. The van der Waals surface area contributed by atoms with Crippen LogP contribution in [-0.2, 0) is 9.53 Å². The maximum Gasteiger partial charge on any atom is 0.350 e. The van der Waals surface area contributed by atoms with Crippen molar-refractivity contribution in [3.8, 4) is 16.3 Å². The number of thiophene rings is 1. The van der Waals surface area contributed by atoms with Gasteiger partial charge in [0.25, 0.3) is 5.91 Å². The van der Waals surface area contributed by atoms with Gasteiger partial charge in [0.15, 0.2) is 5.11 Å². The molecule has 1 amide bonds. The van der Waals surface area contributed by atoms with Crippen molar-refractivity contribution in [3.05, 3.63) is 58.3 Å². The van der Waals surface area contributed by atoms with Gasteiger partial charge >= 0.3 is 17.5 Å². The van der Waals surface area contributed by atoms with Crippen LogP contribution in [0.3, 0.4) is 0 Å². The van der Waals surface area contributed by atoms with Gasteiger partial charge in [0.05, 0.1) is 24.2 Å². The topological polar surface area (TPSA) is 150 Å². The molecule has 12 nitrogen and oxygen atoms in total. The number of methoxy groups -OCH3 is 1. The van der Waals surface area contributed by atoms with Gasteiger partial charge in [-0.2, -0.15) is 0 Å². The van der Waals surface area contributed by atoms with E-state index in [1.54, 1.807) is 13.0 Å². The number of anilines is 1. The third-order valence-electron chi connectivity index (χ3n) is 4.66. The van der Waals surface area contributed by atoms with Crippen molar-refractivity contribution < 1.29 is 24.0 Å². The fraction of sp³-hybridized carbons (Fsp3) is 0.238. The molecular weight excluding hydrogens is 496 g/mol. The standard InChI is InChI=1S/C21H22N6O6S2/c1-4-33-20(29)14-10-16(13-8-6-5-7-9-13)35-19(14)22-21(34)24-23-17(28)12(2)26-11-15(27(30)31)18(25-26)32-3/h5-12H,4H2,1-3H3,(H,23,28)(H2,22,24,34)/t12-/m0/s1. The molecule has 14 heteroatoms. The van der Waals surface area contributed by atoms with Crippen molar-refractivity contribution in [2.75, 3.05) is 19.0 Å². The lowest BCUT2D eigenvalue weighted by atomic mass is 10.1. The number of esters is 1. The highest BCUT2D eigenvalue weighted by Gasteiger charge is 2.25. The van der Waals surface area contributed by atoms with Crippen LogP contribution in [-0.4, -0.2) is 45.4 Å². The van der Waals surface area contributed by atoms with Gasteiger partial charge in [-0.15, -0.1) is 16.4 Å². The summed E-state index contributed by atoms with van der Waals surface area (Å²) in [6, 6.07) is 10.3. The normalized spacial score (nSPS) is 11.3. The minimum absolute atomic E-state index is 0.0154. The summed E-state index contributed by atoms with van der Waals surface area (Å²) in [4.78, 5) is 36.2. The second-order valence-corrected chi connectivity index (χ2v) is 8.41. The third kappa shape index (κ3) is 6.10. The Kier molecular flexibility index (Phi) is 8.33. The lowest BCUT2D eigenvalue weighted by Crippen LogP contribution is -2.46. The molecule has 0 spiro atoms. The number of thiocarbonyl (C=S) groups is 1. The molecule has 0 fully saturated rings. The Bertz CT molecular complexity index is 1240. The maximum atomic E-state index is 12.5. The lowest BCUT2D eigenvalue weighted by molar-refractivity contribution is -0.385. The fourth-order valence-corrected chi connectivity index (χ4v) is 4.17. The molecule has 3 aromatic rings. The van der Waals surface area contributed by atoms with Crippen LogP contribution in [0, 0.1) is 10.1 Å². The molecule has 3 rings (SSSR count). The highest BCUT2D eigenvalue weighted by Crippen LogP contribution is 2.36. The summed E-state index contributed by atoms with van der Waals surface area (Å²) >= 11 is 6.56. The second-order valence-electron chi connectivity index (χ2n) is 6.95. The van der Waals surface area contributed by atoms with Crippen molar-refractivity contribution in [1.29, 1.82) is 0 Å². The Hall–Kier alpha value is -4.04. The Morgan fingerprint density at radius 3 is 2.60 bits per heavy atom. The summed E-state index contributed by atoms with van der Waals surface area (Å²) in [6.07, 6.45) is 1.10. The van der Waals surface area contributed by atoms with E-state index in [1.807, 2.05) is 30.3 Å². The highest BCUT2D eigenvalue weighted by molar-refractivity contribution is 7.80. The summed E-state index contributed by atoms with van der Waals surface area (Å²) in [5.41, 5.74) is 5.82. The van der Waals surface area contributed by atoms with Crippen molar-refractivity contribution in [1.82, 2.24) is 20.6 Å². The van der Waals surface area contributed by atoms with Gasteiger partial charge in [0.1, 0.15) is 17.2 Å². The molecule has 0 aliphatic heterocycles. The van der Waals surface area contributed by atoms with E-state index in [1.165, 1.54) is 25.4 Å². The van der Waals surface area contributed by atoms with Crippen LogP contribution in [0.4, 0.5) is 10.7 Å². The van der Waals surface area contributed by atoms with Gasteiger partial charge in [-0.1, -0.05) is 30.3 Å². The van der Waals surface area contributed by atoms with Crippen molar-refractivity contribution in [2.24, 2.45) is 0 Å². The average molecular weight is 519 g/mol. The van der Waals surface area contributed by atoms with E-state index in [-0.39, 0.29) is 23.3 Å². The van der Waals surface area contributed by atoms with E-state index in [9.17, 15) is 19.7 Å². The minimum atomic E-state index is -0.922. The lowest BCUT2D eigenvalue weighted by Gasteiger charge is -2.15. The largest absolute Gasteiger partial charge is 0.475 e. The Morgan fingerprint density at radius 1 is 1.29 bits per heavy atom. The summed E-state index contributed by atoms with van der Waals surface area (Å²) < 4.78 is 11.1. The number of benzene rings is 1. The number of carbonyl (C=O) groups is 2. The number of aromatic nitrogens is 2. The maximum absolute atomic E-state index is 12.5. The predicted molar refractivity (Wildman–Crippen MR) is 133 cm³/mol. The van der Waals surface area contributed by atoms with Crippen molar-refractivity contribution >= 4 is 51.2 Å². The molecular formula is C21H22N6O6S2. The number of carbonyl (C=O) groups excluding carboxylic acids is 2. The van der Waals surface area contributed by atoms with E-state index >= 15 is 0 Å². The number of ether oxygens (including phenoxy) is 2. The van der Waals surface area contributed by atoms with Crippen LogP contribution >= 0.6 is 23.6 Å². The number of nitro groups is 1. The minimum Gasteiger partial charge on any atom is -0.475 e. The summed E-state index contributed by atoms with van der Waals surface area (Å²) in [7, 11) is 1.24. The number of rotatable bonds is 8. The third-order valence-corrected chi connectivity index (χ3v) is 5.96. The first-order valence-corrected chi connectivity index (χ1v) is 11.5. The van der Waals surface area contributed by atoms with Crippen LogP contribution in [0.1, 0.15) is 30.2 Å². The van der Waals surface area contributed by atoms with Crippen molar-refractivity contribution in [2.45, 2.75) is 19.9 Å². The summed E-state index contributed by atoms with van der Waals surface area (Å²) in [5, 5.41) is 18.4. The van der Waals surface area contributed by atoms with E-state index < -0.39 is 22.8 Å². The molecule has 1 atom stereocenters. The number of nitrogens with one attached hydrogen (secondary N) is 3. The van der Waals surface area contributed by atoms with Crippen molar-refractivity contribution in [3.63, 3.8) is 0 Å². The Balaban J connectivity index is 1.69. The second kappa shape index (κ2) is 11.4. The van der Waals surface area contributed by atoms with Gasteiger partial charge in [-0.25, -0.2) is 9.48 Å². The average Bonchev–Trinajstić information content (AvgIpc) is 3.47. The van der Waals surface area contributed by atoms with Crippen LogP contribution in [0.25, 0.3) is 10.4 Å². The summed E-state index contributed by atoms with van der Waals surface area (Å²) in [5.74, 6) is -1.29. The van der Waals surface area contributed by atoms with E-state index in [0.29, 0.717) is 10.6 Å². The first-order valence-electron chi connectivity index (χ1n) is 10.3. The van der Waals surface area contributed by atoms with Crippen LogP contribution in [0.2, 0.25) is 0 Å². The molecule has 0 aliphatic rings. The van der Waals surface area contributed by atoms with Crippen LogP contribution in [0.5, 0.6) is 5.88 Å². The van der Waals surface area contributed by atoms with Crippen LogP contribution in [0.15, 0.2) is 42.6 Å². The first kappa shape index (κ1) is 25.6. The Morgan fingerprint density at radius 2 is 2.00 bits per heavy atom. The molecule has 1 aromatic carbocycles. The molecule has 0 bridgehead atoms. The number of hydrogen-bond acceptors (Lipinski definition) is 9. The molecule has 35 heavy (non-hydrogen) atoms. The Labute approximate surface area is 209 Å². The number of hydrogen-bond donors (Lipinski definition) is 3. The van der Waals surface area contributed by atoms with E-state index in [0.717, 1.165) is 21.3 Å². The first-order chi connectivity index (χ1) is 16.7. The van der Waals surface area contributed by atoms with Gasteiger partial charge in [-0.3, -0.25) is 25.8 Å². The van der Waals surface area contributed by atoms with E-state index in [4.69, 9.17) is 21.7 Å². The zero-order valence-electron chi connectivity index (χ0n) is 18.9. The van der Waals surface area contributed by atoms with Gasteiger partial charge in [0.2, 0.25) is 0 Å². The molecule has 2 aromatic heterocycles. The highest BCUT2D eigenvalue weighted by atomic mass is 32.1. The van der Waals surface area contributed by atoms with Gasteiger partial charge < -0.3 is 14.8 Å². The molecule has 0 saturated carbocycles. The molecule has 0 aliphatic carbocycles. The number of nitrogens with zero attached hydrogens (tertiary/aromatic N) is 3. The molecule has 3 N–H and O–H groups in total. The summed E-state index contributed by atoms with van der Waals surface area (Å²) in [6.45, 7) is 3.41. The molecule has 0 unspecified atom stereocenters. The smallest absolute Gasteiger partial charge is 0.350 e. The quantitative estimate of drug-likeness (QED) is 0.175. The number of amides is 1. The zero-order chi connectivity index (χ0) is 25.5. The van der Waals surface area contributed by atoms with E-state index in [2.05, 4.69) is 21.3 Å². The molecule has 0 radical (unpaired) electrons.